The highest BCUT2D eigenvalue weighted by Gasteiger charge is 2.89. The van der Waals surface area contributed by atoms with Crippen molar-refractivity contribution in [1.82, 2.24) is 4.90 Å². The van der Waals surface area contributed by atoms with E-state index >= 15 is 0 Å². The molecule has 5 aliphatic heterocycles. The van der Waals surface area contributed by atoms with Crippen molar-refractivity contribution in [1.29, 1.82) is 0 Å². The molecule has 1 aromatic rings. The lowest BCUT2D eigenvalue weighted by atomic mass is 9.45. The summed E-state index contributed by atoms with van der Waals surface area (Å²) < 4.78 is 34.3. The Labute approximate surface area is 256 Å². The van der Waals surface area contributed by atoms with Crippen molar-refractivity contribution >= 4 is 16.6 Å². The number of hydrogen-bond acceptors (Lipinski definition) is 6. The molecule has 1 aromatic carbocycles. The van der Waals surface area contributed by atoms with Gasteiger partial charge in [-0.25, -0.2) is 0 Å². The summed E-state index contributed by atoms with van der Waals surface area (Å²) in [6, 6.07) is 8.43. The van der Waals surface area contributed by atoms with Crippen LogP contribution in [-0.2, 0) is 24.9 Å². The molecule has 6 nitrogen and oxygen atoms in total. The second-order valence-electron chi connectivity index (χ2n) is 16.6. The van der Waals surface area contributed by atoms with Crippen molar-refractivity contribution in [2.24, 2.45) is 10.8 Å². The molecule has 5 aliphatic rings. The lowest BCUT2D eigenvalue weighted by Crippen LogP contribution is -2.75. The molecule has 42 heavy (non-hydrogen) atoms. The maximum absolute atomic E-state index is 7.26. The maximum Gasteiger partial charge on any atom is 0.192 e. The van der Waals surface area contributed by atoms with Crippen LogP contribution in [0.25, 0.3) is 0 Å². The van der Waals surface area contributed by atoms with Crippen LogP contribution < -0.4 is 4.74 Å². The molecule has 0 aliphatic carbocycles. The molecule has 5 heterocycles. The third-order valence-electron chi connectivity index (χ3n) is 12.4. The lowest BCUT2D eigenvalue weighted by Gasteiger charge is -2.61. The van der Waals surface area contributed by atoms with E-state index in [-0.39, 0.29) is 33.1 Å². The van der Waals surface area contributed by atoms with Crippen LogP contribution in [0.5, 0.6) is 5.75 Å². The predicted octanol–water partition coefficient (Wildman–Crippen LogP) is 6.94. The fourth-order valence-corrected chi connectivity index (χ4v) is 9.93. The van der Waals surface area contributed by atoms with Crippen molar-refractivity contribution < 1.29 is 23.1 Å². The Hall–Kier alpha value is -1.27. The molecule has 0 amide bonds. The Kier molecular flexibility index (Phi) is 6.86. The number of piperidine rings is 1. The number of hydrogen-bond donors (Lipinski definition) is 0. The van der Waals surface area contributed by atoms with Crippen LogP contribution in [0.3, 0.4) is 0 Å². The topological polar surface area (TPSA) is 49.4 Å². The maximum atomic E-state index is 7.26. The summed E-state index contributed by atoms with van der Waals surface area (Å²) in [5, 5.41) is 0.228. The smallest absolute Gasteiger partial charge is 0.192 e. The van der Waals surface area contributed by atoms with Crippen molar-refractivity contribution in [2.75, 3.05) is 33.4 Å². The Morgan fingerprint density at radius 3 is 1.71 bits per heavy atom. The van der Waals surface area contributed by atoms with Gasteiger partial charge in [-0.3, -0.25) is 4.90 Å². The van der Waals surface area contributed by atoms with Crippen LogP contribution in [0, 0.1) is 10.8 Å². The van der Waals surface area contributed by atoms with E-state index in [1.54, 1.807) is 7.11 Å². The minimum Gasteiger partial charge on any atom is -0.497 e. The van der Waals surface area contributed by atoms with Crippen LogP contribution >= 0.6 is 0 Å². The van der Waals surface area contributed by atoms with Gasteiger partial charge in [0.2, 0.25) is 0 Å². The van der Waals surface area contributed by atoms with E-state index in [1.165, 1.54) is 5.56 Å². The number of ether oxygens (including phenoxy) is 3. The highest BCUT2D eigenvalue weighted by Crippen LogP contribution is 2.77. The van der Waals surface area contributed by atoms with Gasteiger partial charge in [0, 0.05) is 32.8 Å². The minimum absolute atomic E-state index is 0.0666. The van der Waals surface area contributed by atoms with Gasteiger partial charge in [-0.15, -0.1) is 0 Å². The van der Waals surface area contributed by atoms with Crippen LogP contribution in [0.15, 0.2) is 48.6 Å². The molecule has 2 spiro atoms. The van der Waals surface area contributed by atoms with Crippen LogP contribution in [0.1, 0.15) is 47.1 Å². The quantitative estimate of drug-likeness (QED) is 0.223. The first-order valence-corrected chi connectivity index (χ1v) is 21.6. The van der Waals surface area contributed by atoms with Crippen molar-refractivity contribution in [3.05, 3.63) is 54.1 Å². The molecule has 0 N–H and O–H groups in total. The first-order chi connectivity index (χ1) is 19.4. The summed E-state index contributed by atoms with van der Waals surface area (Å²) in [7, 11) is -2.40. The van der Waals surface area contributed by atoms with Crippen LogP contribution in [0.4, 0.5) is 0 Å². The van der Waals surface area contributed by atoms with Gasteiger partial charge in [-0.2, -0.15) is 0 Å². The molecule has 0 aromatic heterocycles. The molecule has 232 valence electrons. The van der Waals surface area contributed by atoms with Gasteiger partial charge in [0.25, 0.3) is 0 Å². The summed E-state index contributed by atoms with van der Waals surface area (Å²) in [5.74, 6) is 0.879. The van der Waals surface area contributed by atoms with E-state index in [9.17, 15) is 0 Å². The number of rotatable bonds is 9. The molecular weight excluding hydrogens is 559 g/mol. The van der Waals surface area contributed by atoms with Crippen molar-refractivity contribution in [3.8, 4) is 5.75 Å². The molecule has 2 unspecified atom stereocenters. The zero-order chi connectivity index (χ0) is 30.6. The molecule has 3 fully saturated rings. The Morgan fingerprint density at radius 2 is 1.26 bits per heavy atom. The van der Waals surface area contributed by atoms with Gasteiger partial charge >= 0.3 is 0 Å². The summed E-state index contributed by atoms with van der Waals surface area (Å²) in [4.78, 5) is 2.53. The van der Waals surface area contributed by atoms with Crippen LogP contribution in [0.2, 0.25) is 36.3 Å². The lowest BCUT2D eigenvalue weighted by molar-refractivity contribution is -0.184. The predicted molar refractivity (Wildman–Crippen MR) is 173 cm³/mol. The van der Waals surface area contributed by atoms with Gasteiger partial charge < -0.3 is 23.1 Å². The number of fused-ring (bicyclic) bond motifs is 4. The Balaban J connectivity index is 1.42. The number of likely N-dealkylation sites (tertiary alicyclic amines) is 1. The Bertz CT molecular complexity index is 1240. The summed E-state index contributed by atoms with van der Waals surface area (Å²) in [5.41, 5.74) is -0.475. The molecule has 0 saturated carbocycles. The number of benzene rings is 1. The summed E-state index contributed by atoms with van der Waals surface area (Å²) in [6.45, 7) is 27.1. The highest BCUT2D eigenvalue weighted by molar-refractivity contribution is 6.74. The van der Waals surface area contributed by atoms with E-state index in [0.717, 1.165) is 25.4 Å². The zero-order valence-electron chi connectivity index (χ0n) is 27.8. The fraction of sp³-hybridized carbons (Fsp3) is 0.706. The van der Waals surface area contributed by atoms with Gasteiger partial charge in [-0.05, 0) is 54.0 Å². The first kappa shape index (κ1) is 30.7. The number of methoxy groups -OCH3 is 1. The summed E-state index contributed by atoms with van der Waals surface area (Å²) >= 11 is 0. The average molecular weight is 612 g/mol. The summed E-state index contributed by atoms with van der Waals surface area (Å²) in [6.07, 6.45) is 9.25. The van der Waals surface area contributed by atoms with E-state index < -0.39 is 27.8 Å². The van der Waals surface area contributed by atoms with Gasteiger partial charge in [-0.1, -0.05) is 78.0 Å². The third-order valence-corrected chi connectivity index (χ3v) is 21.4. The molecule has 3 saturated heterocycles. The average Bonchev–Trinajstić information content (AvgIpc) is 3.61. The molecule has 8 heteroatoms. The van der Waals surface area contributed by atoms with Gasteiger partial charge in [0.1, 0.15) is 17.0 Å². The second-order valence-corrected chi connectivity index (χ2v) is 26.2. The molecule has 6 rings (SSSR count). The SMILES string of the molecule is COc1ccc(CN2C[C@@]34C=C[C@@H](O3)C3(CO[Si](C)(C)C(C)(C)C)[C@@H]5C=C[C@@](C2)(O5)C34CO[Si](C)(C)C(C)(C)C)cc1. The van der Waals surface area contributed by atoms with Crippen molar-refractivity contribution in [3.63, 3.8) is 0 Å². The Morgan fingerprint density at radius 1 is 0.786 bits per heavy atom. The van der Waals surface area contributed by atoms with E-state index in [4.69, 9.17) is 23.1 Å². The normalized spacial score (nSPS) is 37.1. The third kappa shape index (κ3) is 3.98. The minimum atomic E-state index is -2.07. The van der Waals surface area contributed by atoms with Gasteiger partial charge in [0.15, 0.2) is 16.6 Å². The molecular formula is C34H53NO5Si2. The molecule has 0 radical (unpaired) electrons. The standard InChI is InChI=1S/C34H53NO5Si2/c1-29(2,3)41(8,9)37-23-33-27-16-18-31(39-27)21-35(20-25-12-14-26(36-7)15-13-25)22-32(19-17-28(33)40-32)34(31,33)24-38-42(10,11)30(4,5)6/h12-19,27-28H,20-24H2,1-11H3/t27-,28+,31-,32+,33?,34?. The monoisotopic (exact) mass is 611 g/mol. The molecule has 4 bridgehead atoms. The largest absolute Gasteiger partial charge is 0.497 e. The van der Waals surface area contributed by atoms with E-state index in [2.05, 4.69) is 109 Å². The number of nitrogens with zero attached hydrogens (tertiary/aromatic N) is 1. The molecule has 6 atom stereocenters. The van der Waals surface area contributed by atoms with Crippen molar-refractivity contribution in [2.45, 2.75) is 108 Å². The highest BCUT2D eigenvalue weighted by atomic mass is 28.4. The van der Waals surface area contributed by atoms with E-state index in [1.807, 2.05) is 12.1 Å². The second kappa shape index (κ2) is 9.38. The van der Waals surface area contributed by atoms with E-state index in [0.29, 0.717) is 13.2 Å². The first-order valence-electron chi connectivity index (χ1n) is 15.8. The van der Waals surface area contributed by atoms with Gasteiger partial charge in [0.05, 0.1) is 30.1 Å². The van der Waals surface area contributed by atoms with Crippen LogP contribution in [-0.4, -0.2) is 78.4 Å². The zero-order valence-corrected chi connectivity index (χ0v) is 29.8. The fourth-order valence-electron chi connectivity index (χ4n) is 7.89.